The number of rotatable bonds is 5. The number of benzene rings is 1. The molecule has 1 amide bonds. The minimum atomic E-state index is -0.883. The summed E-state index contributed by atoms with van der Waals surface area (Å²) in [7, 11) is 1.47. The highest BCUT2D eigenvalue weighted by Crippen LogP contribution is 2.31. The summed E-state index contributed by atoms with van der Waals surface area (Å²) in [4.78, 5) is 26.9. The largest absolute Gasteiger partial charge is 0.354 e. The van der Waals surface area contributed by atoms with Crippen LogP contribution in [0.3, 0.4) is 0 Å². The van der Waals surface area contributed by atoms with E-state index in [0.717, 1.165) is 29.7 Å². The summed E-state index contributed by atoms with van der Waals surface area (Å²) in [5, 5.41) is 14.9. The molecule has 28 heavy (non-hydrogen) atoms. The first kappa shape index (κ1) is 19.7. The number of amides is 1. The molecule has 4 N–H and O–H groups in total. The van der Waals surface area contributed by atoms with E-state index in [2.05, 4.69) is 15.6 Å². The van der Waals surface area contributed by atoms with Crippen LogP contribution in [0.1, 0.15) is 20.8 Å². The fraction of sp³-hybridized carbons (Fsp3) is 0.0556. The van der Waals surface area contributed by atoms with Gasteiger partial charge >= 0.3 is 0 Å². The monoisotopic (exact) mass is 422 g/mol. The molecule has 0 bridgehead atoms. The molecule has 0 saturated heterocycles. The van der Waals surface area contributed by atoms with Crippen LogP contribution in [0, 0.1) is 17.0 Å². The maximum atomic E-state index is 14.0. The lowest BCUT2D eigenvalue weighted by molar-refractivity contribution is 0.0967. The molecule has 6 nitrogen and oxygen atoms in total. The summed E-state index contributed by atoms with van der Waals surface area (Å²) in [5.74, 6) is -2.10. The van der Waals surface area contributed by atoms with Crippen LogP contribution in [-0.4, -0.2) is 23.7 Å². The van der Waals surface area contributed by atoms with Gasteiger partial charge in [0.15, 0.2) is 0 Å². The molecule has 0 aliphatic heterocycles. The average molecular weight is 423 g/mol. The lowest BCUT2D eigenvalue weighted by atomic mass is 10.0. The van der Waals surface area contributed by atoms with Crippen molar-refractivity contribution in [3.8, 4) is 0 Å². The van der Waals surface area contributed by atoms with Crippen LogP contribution in [0.5, 0.6) is 0 Å². The molecule has 0 atom stereocenters. The summed E-state index contributed by atoms with van der Waals surface area (Å²) in [6.07, 6.45) is 1.16. The molecule has 1 aromatic carbocycles. The normalized spacial score (nSPS) is 10.6. The predicted molar refractivity (Wildman–Crippen MR) is 105 cm³/mol. The fourth-order valence-electron chi connectivity index (χ4n) is 2.46. The Labute approximate surface area is 166 Å². The molecule has 0 spiro atoms. The molecule has 0 fully saturated rings. The molecule has 10 heteroatoms. The second kappa shape index (κ2) is 7.91. The first-order chi connectivity index (χ1) is 13.3. The molecule has 0 radical (unpaired) electrons. The lowest BCUT2D eigenvalue weighted by Crippen LogP contribution is -2.21. The van der Waals surface area contributed by atoms with Crippen molar-refractivity contribution in [1.82, 2.24) is 10.3 Å². The zero-order chi connectivity index (χ0) is 20.4. The van der Waals surface area contributed by atoms with Gasteiger partial charge in [0.1, 0.15) is 17.3 Å². The second-order valence-corrected chi connectivity index (χ2v) is 6.91. The number of aromatic nitrogens is 1. The number of nitrogens with one attached hydrogen (secondary N) is 4. The topological polar surface area (TPSA) is 97.8 Å². The van der Waals surface area contributed by atoms with E-state index in [1.807, 2.05) is 0 Å². The molecule has 0 aliphatic rings. The second-order valence-electron chi connectivity index (χ2n) is 5.59. The minimum absolute atomic E-state index is 0.0382. The van der Waals surface area contributed by atoms with Crippen LogP contribution in [0.4, 0.5) is 20.2 Å². The lowest BCUT2D eigenvalue weighted by Gasteiger charge is -2.14. The maximum absolute atomic E-state index is 14.0. The number of hydrogen-bond donors (Lipinski definition) is 4. The van der Waals surface area contributed by atoms with Crippen LogP contribution in [0.2, 0.25) is 5.02 Å². The Bertz CT molecular complexity index is 1120. The number of hydrogen-bond acceptors (Lipinski definition) is 5. The van der Waals surface area contributed by atoms with Crippen LogP contribution in [0.15, 0.2) is 40.6 Å². The smallest absolute Gasteiger partial charge is 0.261 e. The highest BCUT2D eigenvalue weighted by Gasteiger charge is 2.21. The van der Waals surface area contributed by atoms with Crippen molar-refractivity contribution in [3.63, 3.8) is 0 Å². The van der Waals surface area contributed by atoms with Gasteiger partial charge in [-0.3, -0.25) is 15.0 Å². The number of carbonyl (C=O) groups is 1. The Balaban J connectivity index is 2.10. The number of aromatic amines is 1. The van der Waals surface area contributed by atoms with Gasteiger partial charge in [-0.2, -0.15) is 0 Å². The van der Waals surface area contributed by atoms with Crippen molar-refractivity contribution < 1.29 is 13.6 Å². The van der Waals surface area contributed by atoms with Gasteiger partial charge in [-0.05, 0) is 18.2 Å². The van der Waals surface area contributed by atoms with E-state index >= 15 is 0 Å². The third kappa shape index (κ3) is 3.67. The van der Waals surface area contributed by atoms with E-state index in [1.165, 1.54) is 24.6 Å². The zero-order valence-electron chi connectivity index (χ0n) is 14.3. The van der Waals surface area contributed by atoms with Crippen LogP contribution in [0.25, 0.3) is 0 Å². The van der Waals surface area contributed by atoms with Crippen molar-refractivity contribution in [1.29, 1.82) is 5.41 Å². The third-order valence-electron chi connectivity index (χ3n) is 3.85. The summed E-state index contributed by atoms with van der Waals surface area (Å²) in [5.41, 5.74) is -1.48. The van der Waals surface area contributed by atoms with Crippen molar-refractivity contribution in [2.75, 3.05) is 12.4 Å². The number of H-pyrrole nitrogens is 1. The average Bonchev–Trinajstić information content (AvgIpc) is 3.16. The summed E-state index contributed by atoms with van der Waals surface area (Å²) in [6.45, 7) is 0. The van der Waals surface area contributed by atoms with Gasteiger partial charge < -0.3 is 15.6 Å². The standard InChI is InChI=1S/C18H13ClF2N4O2S/c1-23-17(26)12-5-8(7-28-12)14(22)13-15(9(19)6-24-18(13)27)25-16-10(20)3-2-4-11(16)21/h2-7,22H,1H3,(H,23,26)(H2,24,25,27). The summed E-state index contributed by atoms with van der Waals surface area (Å²) >= 11 is 7.22. The van der Waals surface area contributed by atoms with Gasteiger partial charge in [0.2, 0.25) is 0 Å². The molecule has 2 aromatic heterocycles. The van der Waals surface area contributed by atoms with Crippen LogP contribution < -0.4 is 16.2 Å². The van der Waals surface area contributed by atoms with Gasteiger partial charge in [-0.1, -0.05) is 17.7 Å². The van der Waals surface area contributed by atoms with Gasteiger partial charge in [-0.15, -0.1) is 11.3 Å². The number of thiophene rings is 1. The van der Waals surface area contributed by atoms with Gasteiger partial charge in [-0.25, -0.2) is 8.78 Å². The highest BCUT2D eigenvalue weighted by atomic mass is 35.5. The van der Waals surface area contributed by atoms with Crippen LogP contribution in [-0.2, 0) is 0 Å². The third-order valence-corrected chi connectivity index (χ3v) is 5.07. The highest BCUT2D eigenvalue weighted by molar-refractivity contribution is 7.12. The minimum Gasteiger partial charge on any atom is -0.354 e. The number of para-hydroxylation sites is 1. The number of carbonyl (C=O) groups excluding carboxylic acids is 1. The van der Waals surface area contributed by atoms with Gasteiger partial charge in [0.25, 0.3) is 11.5 Å². The quantitative estimate of drug-likeness (QED) is 0.469. The Morgan fingerprint density at radius 1 is 1.25 bits per heavy atom. The number of anilines is 2. The van der Waals surface area contributed by atoms with Crippen molar-refractivity contribution >= 4 is 45.9 Å². The SMILES string of the molecule is CNC(=O)c1cc(C(=N)c2c(Nc3c(F)cccc3F)c(Cl)c[nH]c2=O)cs1. The molecule has 3 rings (SSSR count). The first-order valence-electron chi connectivity index (χ1n) is 7.85. The van der Waals surface area contributed by atoms with E-state index in [0.29, 0.717) is 4.88 Å². The van der Waals surface area contributed by atoms with Gasteiger partial charge in [0.05, 0.1) is 26.9 Å². The van der Waals surface area contributed by atoms with Crippen molar-refractivity contribution in [3.05, 3.63) is 78.9 Å². The molecule has 3 aromatic rings. The fourth-order valence-corrected chi connectivity index (χ4v) is 3.50. The van der Waals surface area contributed by atoms with Crippen molar-refractivity contribution in [2.24, 2.45) is 0 Å². The predicted octanol–water partition coefficient (Wildman–Crippen LogP) is 3.89. The Morgan fingerprint density at radius 3 is 2.57 bits per heavy atom. The van der Waals surface area contributed by atoms with E-state index in [9.17, 15) is 18.4 Å². The van der Waals surface area contributed by atoms with E-state index < -0.39 is 22.9 Å². The Morgan fingerprint density at radius 2 is 1.93 bits per heavy atom. The zero-order valence-corrected chi connectivity index (χ0v) is 15.9. The molecule has 0 aliphatic carbocycles. The van der Waals surface area contributed by atoms with Crippen molar-refractivity contribution in [2.45, 2.75) is 0 Å². The molecular formula is C18H13ClF2N4O2S. The molecule has 144 valence electrons. The molecular weight excluding hydrogens is 410 g/mol. The molecule has 0 saturated carbocycles. The van der Waals surface area contributed by atoms with E-state index in [4.69, 9.17) is 17.0 Å². The maximum Gasteiger partial charge on any atom is 0.261 e. The van der Waals surface area contributed by atoms with E-state index in [-0.39, 0.29) is 33.5 Å². The summed E-state index contributed by atoms with van der Waals surface area (Å²) in [6, 6.07) is 4.74. The van der Waals surface area contributed by atoms with Crippen LogP contribution >= 0.6 is 22.9 Å². The van der Waals surface area contributed by atoms with Gasteiger partial charge in [0, 0.05) is 24.2 Å². The Hall–Kier alpha value is -3.04. The molecule has 2 heterocycles. The summed E-state index contributed by atoms with van der Waals surface area (Å²) < 4.78 is 28.1. The number of halogens is 3. The number of pyridine rings is 1. The Kier molecular flexibility index (Phi) is 5.57. The molecule has 0 unspecified atom stereocenters. The van der Waals surface area contributed by atoms with E-state index in [1.54, 1.807) is 0 Å². The first-order valence-corrected chi connectivity index (χ1v) is 9.11.